The number of ether oxygens (including phenoxy) is 2. The maximum Gasteiger partial charge on any atom is -0.870 e. The summed E-state index contributed by atoms with van der Waals surface area (Å²) < 4.78 is 144. The van der Waals surface area contributed by atoms with Crippen molar-refractivity contribution in [1.29, 1.82) is 0 Å². The zero-order valence-electron chi connectivity index (χ0n) is 66.0. The SMILES string of the molecule is CC(=O)Nc1cc(C)c(F)cc1[N+](=O)[O-].CC(=O)Nc1ccc(F)c(C)c1.CC(=O)OC(C)=O.CCOC(=O)C(C)=O.Cc1cc(N)c(N)cc1F.Cc1cc(N)c([N+](=O)[O-])cc1F.Cc1cc(N)ccc1F.Cc1cc2c(cc1F)NC(=O)C(=O)C2.Cc1cc2nc(Cl)c(Cl)nc2cc1F.O=P(Cl)(Cl)Cl.O=S(=O)=S(=O)=O.O=[N+]([O-])O.[K+].[Na][Na].[OH-]. The fourth-order valence-corrected chi connectivity index (χ4v) is 7.57. The maximum atomic E-state index is 13.1. The number of carbonyl (C=O) groups is 8. The number of fused-ring (bicyclic) bond motifs is 2. The van der Waals surface area contributed by atoms with Crippen molar-refractivity contribution in [1.82, 2.24) is 9.97 Å². The number of esters is 3. The van der Waals surface area contributed by atoms with Gasteiger partial charge in [0.25, 0.3) is 22.4 Å². The molecule has 0 bridgehead atoms. The van der Waals surface area contributed by atoms with E-state index in [9.17, 15) is 93.9 Å². The quantitative estimate of drug-likeness (QED) is 0.00882. The molecule has 0 unspecified atom stereocenters. The third-order valence-corrected chi connectivity index (χ3v) is 13.9. The summed E-state index contributed by atoms with van der Waals surface area (Å²) in [4.78, 5) is 119. The second-order valence-corrected chi connectivity index (χ2v) is 31.8. The molecule has 8 aromatic rings. The van der Waals surface area contributed by atoms with Crippen molar-refractivity contribution in [3.8, 4) is 0 Å². The van der Waals surface area contributed by atoms with Gasteiger partial charge in [0.2, 0.25) is 23.4 Å². The van der Waals surface area contributed by atoms with Crippen LogP contribution in [0.4, 0.5) is 81.9 Å². The van der Waals surface area contributed by atoms with Crippen molar-refractivity contribution in [2.45, 2.75) is 96.4 Å². The van der Waals surface area contributed by atoms with Gasteiger partial charge in [-0.15, -0.1) is 10.1 Å². The van der Waals surface area contributed by atoms with Crippen LogP contribution in [0.3, 0.4) is 0 Å². The van der Waals surface area contributed by atoms with Gasteiger partial charge in [-0.2, -0.15) is 16.8 Å². The maximum absolute atomic E-state index is 13.1. The van der Waals surface area contributed by atoms with E-state index in [1.807, 2.05) is 0 Å². The van der Waals surface area contributed by atoms with Gasteiger partial charge < -0.3 is 59.0 Å². The van der Waals surface area contributed by atoms with Crippen LogP contribution < -0.4 is 90.3 Å². The van der Waals surface area contributed by atoms with Gasteiger partial charge in [0.05, 0.1) is 51.0 Å². The molecule has 0 saturated heterocycles. The third kappa shape index (κ3) is 55.7. The molecule has 3 amide bonds. The topological polar surface area (TPSA) is 586 Å². The Morgan fingerprint density at radius 3 is 1.28 bits per heavy atom. The molecule has 642 valence electrons. The number of nitro benzene ring substituents is 2. The summed E-state index contributed by atoms with van der Waals surface area (Å²) in [6, 6.07) is 21.5. The Balaban J connectivity index is -0.000000299. The molecule has 0 saturated carbocycles. The Morgan fingerprint density at radius 2 is 0.917 bits per heavy atom. The number of anilines is 7. The van der Waals surface area contributed by atoms with Crippen LogP contribution in [0.1, 0.15) is 86.1 Å². The summed E-state index contributed by atoms with van der Waals surface area (Å²) in [6.45, 7) is 19.3. The van der Waals surface area contributed by atoms with Gasteiger partial charge in [0.1, 0.15) is 52.1 Å². The summed E-state index contributed by atoms with van der Waals surface area (Å²) in [6.07, 6.45) is 0.0578. The number of hydrogen-bond acceptors (Lipinski definition) is 28. The van der Waals surface area contributed by atoms with E-state index < -0.39 is 103 Å². The largest absolute Gasteiger partial charge is 0.870 e. The number of Topliss-reactive ketones (excluding diaryl/α,β-unsaturated/α-hetero) is 2. The standard InChI is InChI=1S/C10H8FNO2.C9H5Cl2FN2.C9H9FN2O3.C9H10FNO.C7H7FN2O2.C7H9FN2.C7H8FN.C5H8O3.C4H6O3.Cl3OP.K.HNO3.2Na.O4S2.H2O/c1-5-2-6-3-9(13)10(14)12-8(6)4-7(5)11;1-4-2-6-7(3-5(4)12)14-9(11)8(10)13-6;1-5-3-8(11-6(2)13)9(12(14)15)4-7(5)10;1-6-5-8(11-7(2)12)3-4-9(6)10;1-4-2-6(9)7(10(11)12)3-5(4)8;1-4-2-6(9)7(10)3-5(4)8;1-5-4-6(9)2-3-7(5)8;1-3-8-5(7)4(2)6;1-3(5)7-4(2)6;1-5(2,3)4;;2-1(3)4;;;1-5(2)6(3)4;/h2,4H,3H2,1H3,(H,12,14);2-3H,1H3;3-4H,1-2H3,(H,11,13);3-5H,1-2H3,(H,11,12);2-3H,9H2,1H3;2-3H,9-10H2,1H3;2-4H,9H2,1H3;3H2,1-2H3;1-2H3;;;(H,2,3,4);;;;1H2/q;;;;;;;;;;+1;;;;;/p-1. The Hall–Kier alpha value is -8.13. The van der Waals surface area contributed by atoms with E-state index in [-0.39, 0.29) is 132 Å². The van der Waals surface area contributed by atoms with Crippen LogP contribution in [0.5, 0.6) is 0 Å². The number of carbonyl (C=O) groups excluding carboxylic acids is 8. The van der Waals surface area contributed by atoms with Crippen LogP contribution in [0.25, 0.3) is 11.0 Å². The molecule has 1 aromatic heterocycles. The fourth-order valence-electron chi connectivity index (χ4n) is 7.30. The second-order valence-electron chi connectivity index (χ2n) is 22.0. The Bertz CT molecular complexity index is 5060. The number of rotatable bonds is 6. The van der Waals surface area contributed by atoms with E-state index in [0.717, 1.165) is 12.1 Å². The molecule has 1 aliphatic rings. The molecule has 120 heavy (non-hydrogen) atoms. The number of ketones is 2. The molecule has 35 nitrogen and oxygen atoms in total. The van der Waals surface area contributed by atoms with Crippen LogP contribution in [0.2, 0.25) is 10.3 Å². The van der Waals surface area contributed by atoms with E-state index in [4.69, 9.17) is 78.3 Å². The van der Waals surface area contributed by atoms with Crippen molar-refractivity contribution in [3.05, 3.63) is 223 Å². The summed E-state index contributed by atoms with van der Waals surface area (Å²) in [5.74, 6) is -6.94. The molecule has 53 heteroatoms. The number of nitrogens with one attached hydrogen (secondary N) is 3. The van der Waals surface area contributed by atoms with Crippen molar-refractivity contribution < 1.29 is 177 Å². The molecular weight excluding hydrogens is 1830 g/mol. The molecule has 13 N–H and O–H groups in total. The molecular formula is C67H72Cl5F7KN12Na2O23PS2. The van der Waals surface area contributed by atoms with E-state index in [2.05, 4.69) is 69.1 Å². The third-order valence-electron chi connectivity index (χ3n) is 12.4. The summed E-state index contributed by atoms with van der Waals surface area (Å²) in [5, 5.41) is 38.6. The number of nitro groups is 2. The van der Waals surface area contributed by atoms with Crippen molar-refractivity contribution in [2.24, 2.45) is 0 Å². The number of nitrogen functional groups attached to an aromatic ring is 4. The van der Waals surface area contributed by atoms with Gasteiger partial charge in [-0.1, -0.05) is 29.3 Å². The van der Waals surface area contributed by atoms with Gasteiger partial charge >= 0.3 is 137 Å². The Kier molecular flexibility index (Phi) is 64.3. The molecule has 1 aliphatic heterocycles. The summed E-state index contributed by atoms with van der Waals surface area (Å²) >= 11 is 28.1. The second kappa shape index (κ2) is 62.9. The number of hydrogen-bond donors (Lipinski definition) is 8. The van der Waals surface area contributed by atoms with Crippen LogP contribution in [0, 0.1) is 120 Å². The number of nitrogens with zero attached hydrogens (tertiary/aromatic N) is 5. The number of halogens is 12. The minimum atomic E-state index is -3.22. The van der Waals surface area contributed by atoms with Crippen molar-refractivity contribution >= 4 is 234 Å². The van der Waals surface area contributed by atoms with Crippen LogP contribution in [0.15, 0.2) is 97.1 Å². The zero-order valence-corrected chi connectivity index (χ0v) is 79.4. The van der Waals surface area contributed by atoms with Crippen LogP contribution in [-0.2, 0) is 77.3 Å². The van der Waals surface area contributed by atoms with Gasteiger partial charge in [0, 0.05) is 64.2 Å². The van der Waals surface area contributed by atoms with E-state index in [0.29, 0.717) is 78.4 Å². The Labute approximate surface area is 776 Å². The minimum Gasteiger partial charge on any atom is -0.870 e. The monoisotopic (exact) mass is 1900 g/mol. The zero-order chi connectivity index (χ0) is 92.8. The van der Waals surface area contributed by atoms with Gasteiger partial charge in [0.15, 0.2) is 10.3 Å². The first-order chi connectivity index (χ1) is 54.2. The smallest absolute Gasteiger partial charge is 0.870 e. The molecule has 0 radical (unpaired) electrons. The average Bonchev–Trinajstić information content (AvgIpc) is 0.813. The minimum absolute atomic E-state index is 0. The summed E-state index contributed by atoms with van der Waals surface area (Å²) in [5.41, 5.74) is 27.7. The van der Waals surface area contributed by atoms with Crippen molar-refractivity contribution in [2.75, 3.05) is 45.5 Å². The Morgan fingerprint density at radius 1 is 0.558 bits per heavy atom. The first kappa shape index (κ1) is 123. The molecule has 0 atom stereocenters. The number of aromatic nitrogens is 2. The van der Waals surface area contributed by atoms with Crippen LogP contribution in [-0.4, -0.2) is 150 Å². The number of amides is 3. The normalized spacial score (nSPS) is 9.84. The van der Waals surface area contributed by atoms with E-state index >= 15 is 0 Å². The number of nitrogens with two attached hydrogens (primary N) is 4. The van der Waals surface area contributed by atoms with Crippen LogP contribution >= 0.6 is 62.1 Å². The average molecular weight is 1900 g/mol. The predicted molar refractivity (Wildman–Crippen MR) is 433 cm³/mol. The van der Waals surface area contributed by atoms with Gasteiger partial charge in [-0.25, -0.2) is 45.5 Å². The first-order valence-corrected chi connectivity index (χ1v) is 47.8. The van der Waals surface area contributed by atoms with E-state index in [1.165, 1.54) is 147 Å². The summed E-state index contributed by atoms with van der Waals surface area (Å²) in [7, 11) is -5.90. The van der Waals surface area contributed by atoms with Gasteiger partial charge in [-0.05, 0) is 206 Å². The fraction of sp³-hybridized carbons (Fsp3) is 0.224. The number of benzene rings is 7. The van der Waals surface area contributed by atoms with Gasteiger partial charge in [-0.3, -0.25) is 58.4 Å². The molecule has 2 heterocycles. The van der Waals surface area contributed by atoms with Crippen molar-refractivity contribution in [3.63, 3.8) is 0 Å². The number of aryl methyl sites for hydroxylation is 7. The van der Waals surface area contributed by atoms with E-state index in [1.54, 1.807) is 71.9 Å². The molecule has 0 aliphatic carbocycles. The molecule has 0 fully saturated rings. The molecule has 9 rings (SSSR count). The molecule has 0 spiro atoms. The molecule has 7 aromatic carbocycles. The first-order valence-electron chi connectivity index (χ1n) is 32.0. The predicted octanol–water partition coefficient (Wildman–Crippen LogP) is 10.7.